The SMILES string of the molecule is C#CCNC(=O)C1CCCN(C(=O)c2ccc(F)cc2)C1. The van der Waals surface area contributed by atoms with Crippen LogP contribution in [0.15, 0.2) is 24.3 Å². The molecular weight excluding hydrogens is 271 g/mol. The molecular formula is C16H17FN2O2. The van der Waals surface area contributed by atoms with Gasteiger partial charge in [0.05, 0.1) is 12.5 Å². The number of likely N-dealkylation sites (tertiary alicyclic amines) is 1. The first-order chi connectivity index (χ1) is 10.1. The summed E-state index contributed by atoms with van der Waals surface area (Å²) >= 11 is 0. The molecule has 4 nitrogen and oxygen atoms in total. The van der Waals surface area contributed by atoms with Crippen molar-refractivity contribution in [2.75, 3.05) is 19.6 Å². The Morgan fingerprint density at radius 2 is 2.10 bits per heavy atom. The van der Waals surface area contributed by atoms with Crippen LogP contribution in [-0.2, 0) is 4.79 Å². The molecule has 0 bridgehead atoms. The third-order valence-electron chi connectivity index (χ3n) is 3.54. The van der Waals surface area contributed by atoms with Gasteiger partial charge in [0.1, 0.15) is 5.82 Å². The second kappa shape index (κ2) is 6.89. The second-order valence-corrected chi connectivity index (χ2v) is 5.02. The van der Waals surface area contributed by atoms with Crippen LogP contribution in [0.5, 0.6) is 0 Å². The lowest BCUT2D eigenvalue weighted by atomic mass is 9.96. The van der Waals surface area contributed by atoms with Crippen LogP contribution in [0.25, 0.3) is 0 Å². The molecule has 0 spiro atoms. The molecule has 2 rings (SSSR count). The van der Waals surface area contributed by atoms with Crippen molar-refractivity contribution < 1.29 is 14.0 Å². The number of rotatable bonds is 3. The molecule has 1 aromatic carbocycles. The number of carbonyl (C=O) groups is 2. The highest BCUT2D eigenvalue weighted by atomic mass is 19.1. The minimum absolute atomic E-state index is 0.121. The average molecular weight is 288 g/mol. The molecule has 1 saturated heterocycles. The van der Waals surface area contributed by atoms with Crippen LogP contribution in [0.2, 0.25) is 0 Å². The van der Waals surface area contributed by atoms with E-state index in [-0.39, 0.29) is 30.1 Å². The van der Waals surface area contributed by atoms with Gasteiger partial charge >= 0.3 is 0 Å². The minimum Gasteiger partial charge on any atom is -0.345 e. The molecule has 1 aliphatic rings. The Hall–Kier alpha value is -2.35. The highest BCUT2D eigenvalue weighted by Crippen LogP contribution is 2.19. The first kappa shape index (κ1) is 15.0. The molecule has 1 fully saturated rings. The van der Waals surface area contributed by atoms with Gasteiger partial charge in [0.25, 0.3) is 5.91 Å². The Labute approximate surface area is 123 Å². The fraction of sp³-hybridized carbons (Fsp3) is 0.375. The van der Waals surface area contributed by atoms with E-state index in [4.69, 9.17) is 6.42 Å². The highest BCUT2D eigenvalue weighted by Gasteiger charge is 2.28. The Morgan fingerprint density at radius 1 is 1.38 bits per heavy atom. The molecule has 0 aromatic heterocycles. The lowest BCUT2D eigenvalue weighted by Crippen LogP contribution is -2.45. The van der Waals surface area contributed by atoms with Gasteiger partial charge in [-0.1, -0.05) is 5.92 Å². The van der Waals surface area contributed by atoms with E-state index in [2.05, 4.69) is 11.2 Å². The smallest absolute Gasteiger partial charge is 0.253 e. The maximum atomic E-state index is 12.9. The lowest BCUT2D eigenvalue weighted by molar-refractivity contribution is -0.126. The summed E-state index contributed by atoms with van der Waals surface area (Å²) in [7, 11) is 0. The third-order valence-corrected chi connectivity index (χ3v) is 3.54. The predicted octanol–water partition coefficient (Wildman–Crippen LogP) is 1.43. The van der Waals surface area contributed by atoms with E-state index >= 15 is 0 Å². The summed E-state index contributed by atoms with van der Waals surface area (Å²) in [6.07, 6.45) is 6.61. The minimum atomic E-state index is -0.378. The fourth-order valence-electron chi connectivity index (χ4n) is 2.43. The van der Waals surface area contributed by atoms with Crippen molar-refractivity contribution in [1.82, 2.24) is 10.2 Å². The molecule has 5 heteroatoms. The number of terminal acetylenes is 1. The van der Waals surface area contributed by atoms with Crippen LogP contribution < -0.4 is 5.32 Å². The quantitative estimate of drug-likeness (QED) is 0.855. The van der Waals surface area contributed by atoms with Crippen molar-refractivity contribution in [1.29, 1.82) is 0 Å². The van der Waals surface area contributed by atoms with E-state index in [0.717, 1.165) is 12.8 Å². The van der Waals surface area contributed by atoms with E-state index < -0.39 is 0 Å². The monoisotopic (exact) mass is 288 g/mol. The van der Waals surface area contributed by atoms with Gasteiger partial charge in [0, 0.05) is 18.7 Å². The summed E-state index contributed by atoms with van der Waals surface area (Å²) in [5, 5.41) is 2.65. The summed E-state index contributed by atoms with van der Waals surface area (Å²) in [5.41, 5.74) is 0.432. The Balaban J connectivity index is 2.00. The van der Waals surface area contributed by atoms with Gasteiger partial charge < -0.3 is 10.2 Å². The summed E-state index contributed by atoms with van der Waals surface area (Å²) in [4.78, 5) is 25.9. The molecule has 1 unspecified atom stereocenters. The van der Waals surface area contributed by atoms with Gasteiger partial charge in [0.15, 0.2) is 0 Å². The van der Waals surface area contributed by atoms with Crippen molar-refractivity contribution in [3.05, 3.63) is 35.6 Å². The number of amides is 2. The van der Waals surface area contributed by atoms with Crippen LogP contribution in [0.1, 0.15) is 23.2 Å². The van der Waals surface area contributed by atoms with Crippen molar-refractivity contribution in [2.45, 2.75) is 12.8 Å². The fourth-order valence-corrected chi connectivity index (χ4v) is 2.43. The zero-order valence-corrected chi connectivity index (χ0v) is 11.6. The predicted molar refractivity (Wildman–Crippen MR) is 76.9 cm³/mol. The Kier molecular flexibility index (Phi) is 4.94. The molecule has 2 amide bonds. The molecule has 21 heavy (non-hydrogen) atoms. The number of piperidine rings is 1. The maximum absolute atomic E-state index is 12.9. The molecule has 1 aromatic rings. The van der Waals surface area contributed by atoms with Gasteiger partial charge in [0.2, 0.25) is 5.91 Å². The molecule has 1 atom stereocenters. The van der Waals surface area contributed by atoms with Gasteiger partial charge in [-0.15, -0.1) is 6.42 Å². The first-order valence-corrected chi connectivity index (χ1v) is 6.88. The summed E-state index contributed by atoms with van der Waals surface area (Å²) < 4.78 is 12.9. The number of benzene rings is 1. The molecule has 0 saturated carbocycles. The largest absolute Gasteiger partial charge is 0.345 e. The highest BCUT2D eigenvalue weighted by molar-refractivity contribution is 5.94. The zero-order valence-electron chi connectivity index (χ0n) is 11.6. The summed E-state index contributed by atoms with van der Waals surface area (Å²) in [6, 6.07) is 5.43. The van der Waals surface area contributed by atoms with E-state index in [9.17, 15) is 14.0 Å². The second-order valence-electron chi connectivity index (χ2n) is 5.02. The van der Waals surface area contributed by atoms with E-state index in [1.807, 2.05) is 0 Å². The molecule has 1 heterocycles. The zero-order chi connectivity index (χ0) is 15.2. The van der Waals surface area contributed by atoms with Crippen molar-refractivity contribution >= 4 is 11.8 Å². The molecule has 0 aliphatic carbocycles. The average Bonchev–Trinajstić information content (AvgIpc) is 2.52. The molecule has 110 valence electrons. The van der Waals surface area contributed by atoms with Crippen LogP contribution >= 0.6 is 0 Å². The Bertz CT molecular complexity index is 563. The summed E-state index contributed by atoms with van der Waals surface area (Å²) in [6.45, 7) is 1.17. The van der Waals surface area contributed by atoms with E-state index in [1.165, 1.54) is 24.3 Å². The standard InChI is InChI=1S/C16H17FN2O2/c1-2-9-18-15(20)13-4-3-10-19(11-13)16(21)12-5-7-14(17)8-6-12/h1,5-8,13H,3-4,9-11H2,(H,18,20). The summed E-state index contributed by atoms with van der Waals surface area (Å²) in [5.74, 6) is 1.44. The van der Waals surface area contributed by atoms with E-state index in [0.29, 0.717) is 18.7 Å². The van der Waals surface area contributed by atoms with Crippen molar-refractivity contribution in [2.24, 2.45) is 5.92 Å². The van der Waals surface area contributed by atoms with Crippen LogP contribution in [0.3, 0.4) is 0 Å². The normalized spacial score (nSPS) is 17.9. The molecule has 1 N–H and O–H groups in total. The van der Waals surface area contributed by atoms with Crippen LogP contribution in [0, 0.1) is 24.1 Å². The number of carbonyl (C=O) groups excluding carboxylic acids is 2. The topological polar surface area (TPSA) is 49.4 Å². The van der Waals surface area contributed by atoms with Gasteiger partial charge in [-0.25, -0.2) is 4.39 Å². The van der Waals surface area contributed by atoms with Crippen LogP contribution in [-0.4, -0.2) is 36.3 Å². The number of halogens is 1. The first-order valence-electron chi connectivity index (χ1n) is 6.88. The number of nitrogens with one attached hydrogen (secondary N) is 1. The number of hydrogen-bond donors (Lipinski definition) is 1. The van der Waals surface area contributed by atoms with Gasteiger partial charge in [-0.05, 0) is 37.1 Å². The van der Waals surface area contributed by atoms with Gasteiger partial charge in [-0.2, -0.15) is 0 Å². The van der Waals surface area contributed by atoms with E-state index in [1.54, 1.807) is 4.90 Å². The van der Waals surface area contributed by atoms with Crippen molar-refractivity contribution in [3.63, 3.8) is 0 Å². The number of nitrogens with zero attached hydrogens (tertiary/aromatic N) is 1. The van der Waals surface area contributed by atoms with Crippen molar-refractivity contribution in [3.8, 4) is 12.3 Å². The molecule has 0 radical (unpaired) electrons. The maximum Gasteiger partial charge on any atom is 0.253 e. The lowest BCUT2D eigenvalue weighted by Gasteiger charge is -2.32. The van der Waals surface area contributed by atoms with Gasteiger partial charge in [-0.3, -0.25) is 9.59 Å². The third kappa shape index (κ3) is 3.82. The number of hydrogen-bond acceptors (Lipinski definition) is 2. The van der Waals surface area contributed by atoms with Crippen LogP contribution in [0.4, 0.5) is 4.39 Å². The molecule has 1 aliphatic heterocycles. The Morgan fingerprint density at radius 3 is 2.76 bits per heavy atom.